The lowest BCUT2D eigenvalue weighted by Gasteiger charge is -2.44. The average Bonchev–Trinajstić information content (AvgIpc) is 3.22. The van der Waals surface area contributed by atoms with Crippen molar-refractivity contribution in [1.29, 1.82) is 0 Å². The molecule has 0 saturated carbocycles. The Labute approximate surface area is 336 Å². The number of hydrogen-bond donors (Lipinski definition) is 0. The topological polar surface area (TPSA) is 9.23 Å². The van der Waals surface area contributed by atoms with E-state index in [-0.39, 0.29) is 33.6 Å². The van der Waals surface area contributed by atoms with Gasteiger partial charge in [0.2, 0.25) is 0 Å². The van der Waals surface area contributed by atoms with Crippen molar-refractivity contribution in [3.63, 3.8) is 0 Å². The van der Waals surface area contributed by atoms with Gasteiger partial charge in [-0.15, -0.1) is 0 Å². The molecule has 0 aromatic heterocycles. The maximum absolute atomic E-state index is 13.7. The van der Waals surface area contributed by atoms with Crippen LogP contribution >= 0.6 is 0 Å². The van der Waals surface area contributed by atoms with Gasteiger partial charge in [-0.2, -0.15) is 62.2 Å². The third-order valence-electron chi connectivity index (χ3n) is 10.1. The molecule has 0 radical (unpaired) electrons. The van der Waals surface area contributed by atoms with E-state index in [0.717, 1.165) is 73.2 Å². The summed E-state index contributed by atoms with van der Waals surface area (Å²) in [7, 11) is 1.62. The maximum atomic E-state index is 13.7. The SMILES string of the molecule is CCCCCC[B-](c1cccc(C(F)(F)F)c1)(c1cccc(C(F)(F)F)c1)c1cccc(C(F)(F)F)c1.COc1ccc([S+](c2ccccc2)c2ccccc2)cc1. The van der Waals surface area contributed by atoms with Crippen molar-refractivity contribution >= 4 is 33.4 Å². The van der Waals surface area contributed by atoms with Crippen LogP contribution in [0.2, 0.25) is 6.32 Å². The van der Waals surface area contributed by atoms with E-state index in [2.05, 4.69) is 72.8 Å². The second-order valence-corrected chi connectivity index (χ2v) is 15.9. The molecule has 0 saturated heterocycles. The number of alkyl halides is 9. The average molecular weight is 825 g/mol. The number of methoxy groups -OCH3 is 1. The highest BCUT2D eigenvalue weighted by atomic mass is 32.2. The molecule has 0 aliphatic rings. The highest BCUT2D eigenvalue weighted by Crippen LogP contribution is 2.34. The molecule has 6 rings (SSSR count). The van der Waals surface area contributed by atoms with Gasteiger partial charge in [0.05, 0.1) is 40.8 Å². The summed E-state index contributed by atoms with van der Waals surface area (Å²) in [4.78, 5) is 3.95. The molecule has 0 N–H and O–H groups in total. The fraction of sp³-hybridized carbons (Fsp3) is 0.217. The van der Waals surface area contributed by atoms with Crippen molar-refractivity contribution < 1.29 is 44.3 Å². The Hall–Kier alpha value is -5.10. The van der Waals surface area contributed by atoms with Gasteiger partial charge in [-0.25, -0.2) is 0 Å². The van der Waals surface area contributed by atoms with E-state index in [1.165, 1.54) is 32.9 Å². The van der Waals surface area contributed by atoms with E-state index in [1.54, 1.807) is 7.11 Å². The number of benzene rings is 6. The molecule has 304 valence electrons. The fourth-order valence-corrected chi connectivity index (χ4v) is 9.34. The van der Waals surface area contributed by atoms with Crippen LogP contribution in [0.1, 0.15) is 49.3 Å². The zero-order valence-electron chi connectivity index (χ0n) is 31.8. The second kappa shape index (κ2) is 19.1. The van der Waals surface area contributed by atoms with Crippen LogP contribution in [-0.2, 0) is 29.4 Å². The first kappa shape index (κ1) is 44.0. The lowest BCUT2D eigenvalue weighted by Crippen LogP contribution is -2.67. The summed E-state index contributed by atoms with van der Waals surface area (Å²) in [5.74, 6) is 0.892. The Kier molecular flexibility index (Phi) is 14.5. The quantitative estimate of drug-likeness (QED) is 0.0517. The van der Waals surface area contributed by atoms with Crippen LogP contribution in [0, 0.1) is 0 Å². The number of hydrogen-bond acceptors (Lipinski definition) is 1. The monoisotopic (exact) mass is 824 g/mol. The van der Waals surface area contributed by atoms with Gasteiger partial charge in [-0.1, -0.05) is 142 Å². The van der Waals surface area contributed by atoms with Crippen LogP contribution in [0.5, 0.6) is 5.75 Å². The second-order valence-electron chi connectivity index (χ2n) is 13.9. The minimum atomic E-state index is -4.75. The normalized spacial score (nSPS) is 12.2. The van der Waals surface area contributed by atoms with Gasteiger partial charge in [-0.05, 0) is 48.5 Å². The van der Waals surface area contributed by atoms with Gasteiger partial charge >= 0.3 is 18.5 Å². The van der Waals surface area contributed by atoms with Gasteiger partial charge in [0.1, 0.15) is 5.75 Å². The summed E-state index contributed by atoms with van der Waals surface area (Å²) in [5, 5.41) is 0. The molecule has 6 aromatic carbocycles. The molecule has 1 nitrogen and oxygen atoms in total. The highest BCUT2D eigenvalue weighted by Gasteiger charge is 2.38. The van der Waals surface area contributed by atoms with E-state index >= 15 is 0 Å². The molecule has 0 atom stereocenters. The molecule has 0 bridgehead atoms. The van der Waals surface area contributed by atoms with E-state index in [9.17, 15) is 39.5 Å². The van der Waals surface area contributed by atoms with Crippen molar-refractivity contribution in [3.05, 3.63) is 174 Å². The smallest absolute Gasteiger partial charge is 0.416 e. The van der Waals surface area contributed by atoms with Crippen LogP contribution in [-0.4, -0.2) is 13.3 Å². The molecule has 0 unspecified atom stereocenters. The first-order valence-electron chi connectivity index (χ1n) is 18.8. The Morgan fingerprint density at radius 3 is 1.17 bits per heavy atom. The van der Waals surface area contributed by atoms with Gasteiger partial charge in [-0.3, -0.25) is 0 Å². The summed E-state index contributed by atoms with van der Waals surface area (Å²) < 4.78 is 128. The first-order chi connectivity index (χ1) is 27.6. The number of rotatable bonds is 12. The predicted octanol–water partition coefficient (Wildman–Crippen LogP) is 12.6. The number of halogens is 9. The van der Waals surface area contributed by atoms with Crippen molar-refractivity contribution in [2.75, 3.05) is 7.11 Å². The van der Waals surface area contributed by atoms with E-state index < -0.39 is 41.4 Å². The molecule has 6 aromatic rings. The third-order valence-corrected chi connectivity index (χ3v) is 12.3. The summed E-state index contributed by atoms with van der Waals surface area (Å²) in [6.07, 6.45) is -14.2. The van der Waals surface area contributed by atoms with Crippen LogP contribution in [0.25, 0.3) is 0 Å². The molecular weight excluding hydrogens is 782 g/mol. The molecule has 12 heteroatoms. The zero-order valence-corrected chi connectivity index (χ0v) is 32.7. The minimum absolute atomic E-state index is 0.0324. The third kappa shape index (κ3) is 10.9. The van der Waals surface area contributed by atoms with Crippen molar-refractivity contribution in [2.24, 2.45) is 0 Å². The Morgan fingerprint density at radius 2 is 0.828 bits per heavy atom. The van der Waals surface area contributed by atoms with Gasteiger partial charge in [0, 0.05) is 0 Å². The van der Waals surface area contributed by atoms with E-state index in [0.29, 0.717) is 12.8 Å². The summed E-state index contributed by atoms with van der Waals surface area (Å²) in [5.41, 5.74) is -2.98. The molecule has 0 spiro atoms. The van der Waals surface area contributed by atoms with Crippen molar-refractivity contribution in [1.82, 2.24) is 0 Å². The first-order valence-corrected chi connectivity index (χ1v) is 20.0. The van der Waals surface area contributed by atoms with E-state index in [4.69, 9.17) is 4.74 Å². The predicted molar refractivity (Wildman–Crippen MR) is 216 cm³/mol. The lowest BCUT2D eigenvalue weighted by molar-refractivity contribution is -0.138. The summed E-state index contributed by atoms with van der Waals surface area (Å²) in [6.45, 7) is 1.94. The lowest BCUT2D eigenvalue weighted by atomic mass is 9.14. The minimum Gasteiger partial charge on any atom is -0.497 e. The van der Waals surface area contributed by atoms with Crippen LogP contribution in [0.15, 0.2) is 172 Å². The Morgan fingerprint density at radius 1 is 0.448 bits per heavy atom. The summed E-state index contributed by atoms with van der Waals surface area (Å²) >= 11 is 0. The molecular formula is C46H42BF9OS. The van der Waals surface area contributed by atoms with Gasteiger partial charge < -0.3 is 4.74 Å². The van der Waals surface area contributed by atoms with Gasteiger partial charge in [0.25, 0.3) is 0 Å². The van der Waals surface area contributed by atoms with Gasteiger partial charge in [0.15, 0.2) is 14.7 Å². The molecule has 58 heavy (non-hydrogen) atoms. The molecule has 0 amide bonds. The maximum Gasteiger partial charge on any atom is 0.416 e. The van der Waals surface area contributed by atoms with Crippen LogP contribution < -0.4 is 21.1 Å². The molecule has 0 fully saturated rings. The Bertz CT molecular complexity index is 2010. The highest BCUT2D eigenvalue weighted by molar-refractivity contribution is 7.97. The van der Waals surface area contributed by atoms with Crippen LogP contribution in [0.3, 0.4) is 0 Å². The van der Waals surface area contributed by atoms with Crippen molar-refractivity contribution in [3.8, 4) is 5.75 Å². The fourth-order valence-electron chi connectivity index (χ4n) is 7.25. The van der Waals surface area contributed by atoms with Crippen LogP contribution in [0.4, 0.5) is 39.5 Å². The largest absolute Gasteiger partial charge is 0.497 e. The van der Waals surface area contributed by atoms with Crippen molar-refractivity contribution in [2.45, 2.75) is 72.1 Å². The molecule has 0 heterocycles. The number of ether oxygens (including phenoxy) is 1. The molecule has 0 aliphatic carbocycles. The summed E-state index contributed by atoms with van der Waals surface area (Å²) in [6, 6.07) is 42.2. The number of unbranched alkanes of at least 4 members (excludes halogenated alkanes) is 3. The zero-order chi connectivity index (χ0) is 42.0. The Balaban J connectivity index is 0.000000256. The van der Waals surface area contributed by atoms with E-state index in [1.807, 2.05) is 19.1 Å². The standard InChI is InChI=1S/C27H25BF9.C19H17OS/c1-2-3-4-5-15-28(22-12-6-9-19(16-22)25(29,30)31,23-13-7-10-20(17-23)26(32,33)34)24-14-8-11-21(18-24)27(35,36)37;1-20-16-12-14-19(15-13-16)21(17-8-4-2-5-9-17)18-10-6-3-7-11-18/h6-14,16-18H,2-5,15H2,1H3;2-15H,1H3/q-1;+1. The molecule has 0 aliphatic heterocycles.